The van der Waals surface area contributed by atoms with Gasteiger partial charge >= 0.3 is 5.97 Å². The monoisotopic (exact) mass is 300 g/mol. The molecule has 0 aromatic heterocycles. The lowest BCUT2D eigenvalue weighted by molar-refractivity contribution is -0.138. The van der Waals surface area contributed by atoms with E-state index in [1.807, 2.05) is 31.2 Å². The van der Waals surface area contributed by atoms with Gasteiger partial charge in [0, 0.05) is 0 Å². The molecule has 2 rings (SSSR count). The van der Waals surface area contributed by atoms with E-state index in [9.17, 15) is 9.90 Å². The molecule has 0 spiro atoms. The van der Waals surface area contributed by atoms with Crippen LogP contribution in [0, 0.1) is 6.92 Å². The van der Waals surface area contributed by atoms with Crippen LogP contribution >= 0.6 is 0 Å². The average molecular weight is 300 g/mol. The summed E-state index contributed by atoms with van der Waals surface area (Å²) in [6, 6.07) is 13.1. The number of carbonyl (C=O) groups is 1. The van der Waals surface area contributed by atoms with Crippen molar-refractivity contribution in [1.29, 1.82) is 0 Å². The zero-order chi connectivity index (χ0) is 16.1. The minimum atomic E-state index is -0.854. The second-order valence-corrected chi connectivity index (χ2v) is 5.19. The molecule has 0 aliphatic carbocycles. The highest BCUT2D eigenvalue weighted by atomic mass is 16.5. The Morgan fingerprint density at radius 1 is 1.05 bits per heavy atom. The topological polar surface area (TPSA) is 55.8 Å². The normalized spacial score (nSPS) is 11.8. The summed E-state index contributed by atoms with van der Waals surface area (Å²) in [5, 5.41) is 9.56. The van der Waals surface area contributed by atoms with Crippen LogP contribution < -0.4 is 9.47 Å². The van der Waals surface area contributed by atoms with Crippen molar-refractivity contribution in [3.8, 4) is 11.5 Å². The number of aliphatic carboxylic acids is 1. The number of rotatable bonds is 6. The molecule has 1 unspecified atom stereocenters. The lowest BCUT2D eigenvalue weighted by Crippen LogP contribution is -2.14. The maximum atomic E-state index is 11.7. The molecular weight excluding hydrogens is 280 g/mol. The van der Waals surface area contributed by atoms with Crippen molar-refractivity contribution in [3.05, 3.63) is 59.2 Å². The Kier molecular flexibility index (Phi) is 5.04. The summed E-state index contributed by atoms with van der Waals surface area (Å²) in [7, 11) is 3.09. The SMILES string of the molecule is COc1ccc(C(Cc2ccc(C)cc2)C(=O)O)cc1OC. The fraction of sp³-hybridized carbons (Fsp3) is 0.278. The van der Waals surface area contributed by atoms with Gasteiger partial charge in [0.25, 0.3) is 0 Å². The van der Waals surface area contributed by atoms with Crippen LogP contribution in [0.1, 0.15) is 22.6 Å². The van der Waals surface area contributed by atoms with Gasteiger partial charge in [-0.3, -0.25) is 4.79 Å². The number of hydrogen-bond acceptors (Lipinski definition) is 3. The molecule has 0 saturated carbocycles. The van der Waals surface area contributed by atoms with Crippen molar-refractivity contribution in [2.24, 2.45) is 0 Å². The van der Waals surface area contributed by atoms with Crippen molar-refractivity contribution >= 4 is 5.97 Å². The lowest BCUT2D eigenvalue weighted by atomic mass is 9.91. The highest BCUT2D eigenvalue weighted by Crippen LogP contribution is 2.32. The Morgan fingerprint density at radius 2 is 1.68 bits per heavy atom. The number of benzene rings is 2. The van der Waals surface area contributed by atoms with Crippen LogP contribution in [0.25, 0.3) is 0 Å². The molecule has 0 fully saturated rings. The quantitative estimate of drug-likeness (QED) is 0.888. The molecule has 1 atom stereocenters. The summed E-state index contributed by atoms with van der Waals surface area (Å²) in [5.41, 5.74) is 2.85. The summed E-state index contributed by atoms with van der Waals surface area (Å²) < 4.78 is 10.4. The number of carboxylic acids is 1. The lowest BCUT2D eigenvalue weighted by Gasteiger charge is -2.15. The maximum Gasteiger partial charge on any atom is 0.311 e. The number of methoxy groups -OCH3 is 2. The maximum absolute atomic E-state index is 11.7. The first-order chi connectivity index (χ1) is 10.5. The summed E-state index contributed by atoms with van der Waals surface area (Å²) in [4.78, 5) is 11.7. The van der Waals surface area contributed by atoms with E-state index in [1.54, 1.807) is 25.3 Å². The minimum absolute atomic E-state index is 0.436. The van der Waals surface area contributed by atoms with E-state index in [-0.39, 0.29) is 0 Å². The first-order valence-electron chi connectivity index (χ1n) is 7.05. The summed E-state index contributed by atoms with van der Waals surface area (Å²) in [6.07, 6.45) is 0.436. The molecule has 0 amide bonds. The van der Waals surface area contributed by atoms with Gasteiger partial charge in [-0.25, -0.2) is 0 Å². The van der Waals surface area contributed by atoms with Crippen LogP contribution in [0.5, 0.6) is 11.5 Å². The molecule has 22 heavy (non-hydrogen) atoms. The van der Waals surface area contributed by atoms with Crippen LogP contribution in [-0.2, 0) is 11.2 Å². The predicted molar refractivity (Wildman–Crippen MR) is 84.8 cm³/mol. The molecule has 4 heteroatoms. The van der Waals surface area contributed by atoms with Crippen LogP contribution in [0.15, 0.2) is 42.5 Å². The van der Waals surface area contributed by atoms with Crippen molar-refractivity contribution in [2.75, 3.05) is 14.2 Å². The highest BCUT2D eigenvalue weighted by molar-refractivity contribution is 5.77. The molecular formula is C18H20O4. The van der Waals surface area contributed by atoms with Crippen LogP contribution in [-0.4, -0.2) is 25.3 Å². The van der Waals surface area contributed by atoms with E-state index in [1.165, 1.54) is 7.11 Å². The van der Waals surface area contributed by atoms with Gasteiger partial charge in [-0.15, -0.1) is 0 Å². The van der Waals surface area contributed by atoms with Gasteiger partial charge in [0.05, 0.1) is 20.1 Å². The van der Waals surface area contributed by atoms with Crippen molar-refractivity contribution < 1.29 is 19.4 Å². The number of aryl methyl sites for hydroxylation is 1. The first kappa shape index (κ1) is 15.9. The van der Waals surface area contributed by atoms with Crippen molar-refractivity contribution in [3.63, 3.8) is 0 Å². The Hall–Kier alpha value is -2.49. The molecule has 0 heterocycles. The molecule has 0 aliphatic rings. The van der Waals surface area contributed by atoms with Crippen LogP contribution in [0.2, 0.25) is 0 Å². The summed E-state index contributed by atoms with van der Waals surface area (Å²) in [5.74, 6) is -0.351. The third-order valence-electron chi connectivity index (χ3n) is 3.67. The molecule has 0 aliphatic heterocycles. The van der Waals surface area contributed by atoms with E-state index in [2.05, 4.69) is 0 Å². The van der Waals surface area contributed by atoms with Gasteiger partial charge < -0.3 is 14.6 Å². The first-order valence-corrected chi connectivity index (χ1v) is 7.05. The second-order valence-electron chi connectivity index (χ2n) is 5.19. The highest BCUT2D eigenvalue weighted by Gasteiger charge is 2.22. The zero-order valence-corrected chi connectivity index (χ0v) is 13.0. The molecule has 2 aromatic carbocycles. The zero-order valence-electron chi connectivity index (χ0n) is 13.0. The molecule has 0 saturated heterocycles. The number of carboxylic acid groups (broad SMARTS) is 1. The third kappa shape index (κ3) is 3.58. The molecule has 2 aromatic rings. The summed E-state index contributed by atoms with van der Waals surface area (Å²) in [6.45, 7) is 2.01. The van der Waals surface area contributed by atoms with Crippen molar-refractivity contribution in [2.45, 2.75) is 19.3 Å². The number of hydrogen-bond donors (Lipinski definition) is 1. The van der Waals surface area contributed by atoms with Gasteiger partial charge in [-0.2, -0.15) is 0 Å². The van der Waals surface area contributed by atoms with Crippen LogP contribution in [0.3, 0.4) is 0 Å². The number of ether oxygens (including phenoxy) is 2. The van der Waals surface area contributed by atoms with E-state index < -0.39 is 11.9 Å². The van der Waals surface area contributed by atoms with Gasteiger partial charge in [0.1, 0.15) is 0 Å². The predicted octanol–water partition coefficient (Wildman–Crippen LogP) is 3.42. The van der Waals surface area contributed by atoms with Gasteiger partial charge in [-0.1, -0.05) is 35.9 Å². The van der Waals surface area contributed by atoms with Crippen LogP contribution in [0.4, 0.5) is 0 Å². The Balaban J connectivity index is 2.31. The standard InChI is InChI=1S/C18H20O4/c1-12-4-6-13(7-5-12)10-15(18(19)20)14-8-9-16(21-2)17(11-14)22-3/h4-9,11,15H,10H2,1-3H3,(H,19,20). The van der Waals surface area contributed by atoms with E-state index in [4.69, 9.17) is 9.47 Å². The minimum Gasteiger partial charge on any atom is -0.493 e. The Labute approximate surface area is 130 Å². The Morgan fingerprint density at radius 3 is 2.23 bits per heavy atom. The molecule has 0 radical (unpaired) electrons. The van der Waals surface area contributed by atoms with Crippen molar-refractivity contribution in [1.82, 2.24) is 0 Å². The van der Waals surface area contributed by atoms with Gasteiger partial charge in [-0.05, 0) is 36.6 Å². The smallest absolute Gasteiger partial charge is 0.311 e. The Bertz CT molecular complexity index is 647. The van der Waals surface area contributed by atoms with E-state index >= 15 is 0 Å². The molecule has 1 N–H and O–H groups in total. The third-order valence-corrected chi connectivity index (χ3v) is 3.67. The fourth-order valence-corrected chi connectivity index (χ4v) is 2.38. The van der Waals surface area contributed by atoms with Gasteiger partial charge in [0.15, 0.2) is 11.5 Å². The molecule has 4 nitrogen and oxygen atoms in total. The summed E-state index contributed by atoms with van der Waals surface area (Å²) >= 11 is 0. The molecule has 0 bridgehead atoms. The van der Waals surface area contributed by atoms with Gasteiger partial charge in [0.2, 0.25) is 0 Å². The average Bonchev–Trinajstić information content (AvgIpc) is 2.53. The van der Waals surface area contributed by atoms with E-state index in [0.717, 1.165) is 11.1 Å². The van der Waals surface area contributed by atoms with E-state index in [0.29, 0.717) is 23.5 Å². The fourth-order valence-electron chi connectivity index (χ4n) is 2.38. The second kappa shape index (κ2) is 6.98. The molecule has 116 valence electrons. The largest absolute Gasteiger partial charge is 0.493 e.